The van der Waals surface area contributed by atoms with Crippen LogP contribution in [-0.2, 0) is 13.1 Å². The molecule has 0 aliphatic carbocycles. The van der Waals surface area contributed by atoms with Gasteiger partial charge in [0.1, 0.15) is 24.6 Å². The molecule has 2 heterocycles. The lowest BCUT2D eigenvalue weighted by Crippen LogP contribution is -2.33. The molecule has 0 spiro atoms. The first kappa shape index (κ1) is 18.5. The molecule has 0 aliphatic heterocycles. The van der Waals surface area contributed by atoms with E-state index in [1.807, 2.05) is 38.1 Å². The summed E-state index contributed by atoms with van der Waals surface area (Å²) in [4.78, 5) is 0. The molecule has 0 bridgehead atoms. The topological polar surface area (TPSA) is 26.3 Å². The van der Waals surface area contributed by atoms with Gasteiger partial charge in [-0.2, -0.15) is 0 Å². The van der Waals surface area contributed by atoms with Crippen molar-refractivity contribution >= 4 is 0 Å². The normalized spacial score (nSPS) is 12.0. The SMILES string of the molecule is Cc1ccc(C[N+](C)(C)C)o1.Cc1ccc(C[N+](C)(C)C)o1. The van der Waals surface area contributed by atoms with E-state index in [0.29, 0.717) is 0 Å². The van der Waals surface area contributed by atoms with E-state index in [-0.39, 0.29) is 0 Å². The second-order valence-electron chi connectivity index (χ2n) is 7.92. The molecule has 22 heavy (non-hydrogen) atoms. The van der Waals surface area contributed by atoms with Crippen molar-refractivity contribution in [2.24, 2.45) is 0 Å². The second-order valence-corrected chi connectivity index (χ2v) is 7.92. The Morgan fingerprint density at radius 2 is 0.955 bits per heavy atom. The fourth-order valence-electron chi connectivity index (χ4n) is 2.08. The molecule has 4 nitrogen and oxygen atoms in total. The maximum atomic E-state index is 5.44. The maximum Gasteiger partial charge on any atom is 0.158 e. The van der Waals surface area contributed by atoms with Crippen molar-refractivity contribution < 1.29 is 17.8 Å². The first-order chi connectivity index (χ1) is 9.94. The van der Waals surface area contributed by atoms with Gasteiger partial charge in [-0.1, -0.05) is 0 Å². The van der Waals surface area contributed by atoms with Gasteiger partial charge in [0.15, 0.2) is 11.5 Å². The van der Waals surface area contributed by atoms with Gasteiger partial charge in [-0.05, 0) is 38.1 Å². The van der Waals surface area contributed by atoms with E-state index in [1.165, 1.54) is 0 Å². The molecule has 0 amide bonds. The average molecular weight is 308 g/mol. The Balaban J connectivity index is 0.000000220. The van der Waals surface area contributed by atoms with Crippen LogP contribution in [0.2, 0.25) is 0 Å². The summed E-state index contributed by atoms with van der Waals surface area (Å²) in [6, 6.07) is 8.09. The largest absolute Gasteiger partial charge is 0.460 e. The van der Waals surface area contributed by atoms with Crippen LogP contribution in [0.1, 0.15) is 23.0 Å². The Morgan fingerprint density at radius 1 is 0.636 bits per heavy atom. The van der Waals surface area contributed by atoms with E-state index in [2.05, 4.69) is 42.3 Å². The Labute approximate surface area is 135 Å². The highest BCUT2D eigenvalue weighted by Gasteiger charge is 2.11. The van der Waals surface area contributed by atoms with E-state index in [0.717, 1.165) is 45.1 Å². The van der Waals surface area contributed by atoms with Gasteiger partial charge >= 0.3 is 0 Å². The Morgan fingerprint density at radius 3 is 1.14 bits per heavy atom. The molecule has 2 aromatic rings. The van der Waals surface area contributed by atoms with Gasteiger partial charge in [-0.3, -0.25) is 0 Å². The quantitative estimate of drug-likeness (QED) is 0.807. The molecule has 4 heteroatoms. The minimum atomic E-state index is 0.910. The molecule has 2 aromatic heterocycles. The summed E-state index contributed by atoms with van der Waals surface area (Å²) in [6.07, 6.45) is 0. The molecule has 0 unspecified atom stereocenters. The fraction of sp³-hybridized carbons (Fsp3) is 0.556. The third-order valence-electron chi connectivity index (χ3n) is 2.85. The number of furan rings is 2. The predicted octanol–water partition coefficient (Wildman–Crippen LogP) is 3.59. The number of hydrogen-bond donors (Lipinski definition) is 0. The van der Waals surface area contributed by atoms with Crippen molar-refractivity contribution in [1.82, 2.24) is 0 Å². The molecular formula is C18H32N2O2+2. The Kier molecular flexibility index (Phi) is 6.03. The molecule has 0 fully saturated rings. The van der Waals surface area contributed by atoms with E-state index in [9.17, 15) is 0 Å². The molecule has 0 saturated heterocycles. The lowest BCUT2D eigenvalue weighted by Gasteiger charge is -2.22. The number of nitrogens with zero attached hydrogens (tertiary/aromatic N) is 2. The van der Waals surface area contributed by atoms with E-state index >= 15 is 0 Å². The molecule has 2 rings (SSSR count). The third kappa shape index (κ3) is 8.05. The molecule has 124 valence electrons. The number of rotatable bonds is 4. The Bertz CT molecular complexity index is 516. The third-order valence-corrected chi connectivity index (χ3v) is 2.85. The van der Waals surface area contributed by atoms with Crippen LogP contribution < -0.4 is 0 Å². The zero-order valence-corrected chi connectivity index (χ0v) is 15.4. The van der Waals surface area contributed by atoms with Crippen LogP contribution in [-0.4, -0.2) is 51.3 Å². The van der Waals surface area contributed by atoms with Crippen LogP contribution in [0.25, 0.3) is 0 Å². The molecule has 0 N–H and O–H groups in total. The minimum absolute atomic E-state index is 0.910. The van der Waals surface area contributed by atoms with Crippen molar-refractivity contribution in [3.05, 3.63) is 47.3 Å². The first-order valence-corrected chi connectivity index (χ1v) is 7.66. The van der Waals surface area contributed by atoms with Gasteiger partial charge in [-0.15, -0.1) is 0 Å². The summed E-state index contributed by atoms with van der Waals surface area (Å²) in [5, 5.41) is 0. The van der Waals surface area contributed by atoms with Gasteiger partial charge in [0.2, 0.25) is 0 Å². The number of quaternary nitrogens is 2. The predicted molar refractivity (Wildman–Crippen MR) is 90.4 cm³/mol. The van der Waals surface area contributed by atoms with Crippen LogP contribution in [0.3, 0.4) is 0 Å². The summed E-state index contributed by atoms with van der Waals surface area (Å²) in [7, 11) is 12.9. The molecule has 0 atom stereocenters. The number of hydrogen-bond acceptors (Lipinski definition) is 2. The molecule has 0 radical (unpaired) electrons. The summed E-state index contributed by atoms with van der Waals surface area (Å²) >= 11 is 0. The van der Waals surface area contributed by atoms with Crippen molar-refractivity contribution in [3.63, 3.8) is 0 Å². The van der Waals surface area contributed by atoms with Crippen molar-refractivity contribution in [3.8, 4) is 0 Å². The van der Waals surface area contributed by atoms with Crippen molar-refractivity contribution in [2.75, 3.05) is 42.3 Å². The highest BCUT2D eigenvalue weighted by Crippen LogP contribution is 2.11. The van der Waals surface area contributed by atoms with Crippen molar-refractivity contribution in [1.29, 1.82) is 0 Å². The molecular weight excluding hydrogens is 276 g/mol. The highest BCUT2D eigenvalue weighted by atomic mass is 16.3. The fourth-order valence-corrected chi connectivity index (χ4v) is 2.08. The maximum absolute atomic E-state index is 5.44. The average Bonchev–Trinajstić information content (AvgIpc) is 2.84. The Hall–Kier alpha value is -1.52. The summed E-state index contributed by atoms with van der Waals surface area (Å²) < 4.78 is 12.7. The number of aryl methyl sites for hydroxylation is 2. The standard InChI is InChI=1S/2C9H16NO/c2*1-8-5-6-9(11-8)7-10(2,3)4/h2*5-6H,7H2,1-4H3/q2*+1. The summed E-state index contributed by atoms with van der Waals surface area (Å²) in [5.74, 6) is 4.12. The van der Waals surface area contributed by atoms with Gasteiger partial charge in [0.25, 0.3) is 0 Å². The minimum Gasteiger partial charge on any atom is -0.460 e. The van der Waals surface area contributed by atoms with Crippen LogP contribution in [0.4, 0.5) is 0 Å². The van der Waals surface area contributed by atoms with E-state index < -0.39 is 0 Å². The molecule has 0 aromatic carbocycles. The lowest BCUT2D eigenvalue weighted by molar-refractivity contribution is -0.884. The van der Waals surface area contributed by atoms with Crippen molar-refractivity contribution in [2.45, 2.75) is 26.9 Å². The van der Waals surface area contributed by atoms with Crippen LogP contribution in [0.15, 0.2) is 33.1 Å². The molecule has 0 aliphatic rings. The highest BCUT2D eigenvalue weighted by molar-refractivity contribution is 5.04. The van der Waals surface area contributed by atoms with Gasteiger partial charge in [-0.25, -0.2) is 0 Å². The second kappa shape index (κ2) is 7.16. The van der Waals surface area contributed by atoms with Crippen LogP contribution in [0.5, 0.6) is 0 Å². The van der Waals surface area contributed by atoms with E-state index in [1.54, 1.807) is 0 Å². The first-order valence-electron chi connectivity index (χ1n) is 7.66. The van der Waals surface area contributed by atoms with E-state index in [4.69, 9.17) is 8.83 Å². The zero-order valence-electron chi connectivity index (χ0n) is 15.4. The monoisotopic (exact) mass is 308 g/mol. The van der Waals surface area contributed by atoms with Gasteiger partial charge < -0.3 is 17.8 Å². The molecule has 0 saturated carbocycles. The van der Waals surface area contributed by atoms with Gasteiger partial charge in [0, 0.05) is 0 Å². The smallest absolute Gasteiger partial charge is 0.158 e. The summed E-state index contributed by atoms with van der Waals surface area (Å²) in [5.41, 5.74) is 0. The van der Waals surface area contributed by atoms with Crippen LogP contribution >= 0.6 is 0 Å². The lowest BCUT2D eigenvalue weighted by atomic mass is 10.4. The summed E-state index contributed by atoms with van der Waals surface area (Å²) in [6.45, 7) is 5.85. The van der Waals surface area contributed by atoms with Gasteiger partial charge in [0.05, 0.1) is 42.3 Å². The zero-order chi connectivity index (χ0) is 17.0. The van der Waals surface area contributed by atoms with Crippen LogP contribution in [0, 0.1) is 13.8 Å².